The predicted octanol–water partition coefficient (Wildman–Crippen LogP) is 2.57. The second kappa shape index (κ2) is 12.7. The molecule has 0 aromatic heterocycles. The van der Waals surface area contributed by atoms with Gasteiger partial charge in [-0.05, 0) is 30.9 Å². The quantitative estimate of drug-likeness (QED) is 0.302. The highest BCUT2D eigenvalue weighted by molar-refractivity contribution is 14.0. The van der Waals surface area contributed by atoms with Gasteiger partial charge in [-0.1, -0.05) is 38.1 Å². The molecule has 0 saturated carbocycles. The number of benzene rings is 1. The molecule has 1 fully saturated rings. The van der Waals surface area contributed by atoms with Gasteiger partial charge in [0.1, 0.15) is 0 Å². The van der Waals surface area contributed by atoms with Crippen LogP contribution in [-0.2, 0) is 27.1 Å². The monoisotopic (exact) mass is 538 g/mol. The molecule has 0 radical (unpaired) electrons. The van der Waals surface area contributed by atoms with Crippen LogP contribution in [-0.4, -0.2) is 57.6 Å². The molecule has 0 bridgehead atoms. The zero-order valence-electron chi connectivity index (χ0n) is 17.8. The van der Waals surface area contributed by atoms with E-state index in [0.717, 1.165) is 23.6 Å². The first-order valence-corrected chi connectivity index (χ1v) is 11.6. The Hall–Kier alpha value is -0.910. The maximum absolute atomic E-state index is 12.8. The zero-order chi connectivity index (χ0) is 20.6. The molecule has 1 saturated heterocycles. The number of nitrogens with zero attached hydrogens (tertiary/aromatic N) is 2. The molecule has 2 N–H and O–H groups in total. The fourth-order valence-corrected chi connectivity index (χ4v) is 4.39. The van der Waals surface area contributed by atoms with Crippen molar-refractivity contribution >= 4 is 40.0 Å². The average molecular weight is 538 g/mol. The van der Waals surface area contributed by atoms with Gasteiger partial charge >= 0.3 is 0 Å². The summed E-state index contributed by atoms with van der Waals surface area (Å²) in [4.78, 5) is 4.68. The van der Waals surface area contributed by atoms with Crippen LogP contribution in [0.15, 0.2) is 29.3 Å². The van der Waals surface area contributed by atoms with E-state index in [1.165, 1.54) is 4.31 Å². The number of hydrogen-bond acceptors (Lipinski definition) is 4. The average Bonchev–Trinajstić information content (AvgIpc) is 2.67. The first-order chi connectivity index (χ1) is 13.3. The number of ether oxygens (including phenoxy) is 1. The van der Waals surface area contributed by atoms with E-state index in [2.05, 4.69) is 36.4 Å². The number of hydrogen-bond donors (Lipinski definition) is 2. The summed E-state index contributed by atoms with van der Waals surface area (Å²) in [6.45, 7) is 11.4. The lowest BCUT2D eigenvalue weighted by Crippen LogP contribution is -2.44. The van der Waals surface area contributed by atoms with E-state index in [-0.39, 0.29) is 35.8 Å². The molecule has 1 aliphatic heterocycles. The number of halogens is 1. The molecule has 1 heterocycles. The molecule has 7 nitrogen and oxygen atoms in total. The van der Waals surface area contributed by atoms with Crippen molar-refractivity contribution in [2.24, 2.45) is 10.9 Å². The first kappa shape index (κ1) is 26.1. The van der Waals surface area contributed by atoms with E-state index in [1.807, 2.05) is 31.2 Å². The maximum Gasteiger partial charge on any atom is 0.218 e. The number of aliphatic imine (C=N–C) groups is 1. The summed E-state index contributed by atoms with van der Waals surface area (Å²) < 4.78 is 32.3. The molecule has 0 amide bonds. The second-order valence-corrected chi connectivity index (χ2v) is 9.38. The minimum atomic E-state index is -3.36. The zero-order valence-corrected chi connectivity index (χ0v) is 21.0. The molecule has 0 spiro atoms. The highest BCUT2D eigenvalue weighted by Gasteiger charge is 2.25. The van der Waals surface area contributed by atoms with Crippen molar-refractivity contribution in [3.8, 4) is 0 Å². The van der Waals surface area contributed by atoms with Crippen molar-refractivity contribution in [1.29, 1.82) is 0 Å². The van der Waals surface area contributed by atoms with Crippen LogP contribution in [0.1, 0.15) is 38.8 Å². The van der Waals surface area contributed by atoms with E-state index in [0.29, 0.717) is 38.8 Å². The lowest BCUT2D eigenvalue weighted by molar-refractivity contribution is 0.0729. The first-order valence-electron chi connectivity index (χ1n) is 10.0. The van der Waals surface area contributed by atoms with Crippen LogP contribution in [0.3, 0.4) is 0 Å². The van der Waals surface area contributed by atoms with Crippen LogP contribution in [0.2, 0.25) is 0 Å². The van der Waals surface area contributed by atoms with Gasteiger partial charge in [0.2, 0.25) is 10.0 Å². The Morgan fingerprint density at radius 3 is 2.38 bits per heavy atom. The van der Waals surface area contributed by atoms with E-state index in [4.69, 9.17) is 4.74 Å². The van der Waals surface area contributed by atoms with Gasteiger partial charge in [-0.15, -0.1) is 24.0 Å². The Morgan fingerprint density at radius 1 is 1.17 bits per heavy atom. The summed E-state index contributed by atoms with van der Waals surface area (Å²) in [5, 5.41) is 6.66. The molecule has 9 heteroatoms. The van der Waals surface area contributed by atoms with Gasteiger partial charge in [-0.25, -0.2) is 13.4 Å². The third-order valence-electron chi connectivity index (χ3n) is 4.94. The molecule has 29 heavy (non-hydrogen) atoms. The predicted molar refractivity (Wildman–Crippen MR) is 129 cm³/mol. The highest BCUT2D eigenvalue weighted by atomic mass is 127. The van der Waals surface area contributed by atoms with E-state index in [9.17, 15) is 8.42 Å². The Kier molecular flexibility index (Phi) is 11.4. The van der Waals surface area contributed by atoms with Gasteiger partial charge in [0.05, 0.1) is 25.5 Å². The number of nitrogens with one attached hydrogen (secondary N) is 2. The van der Waals surface area contributed by atoms with Gasteiger partial charge in [0, 0.05) is 25.7 Å². The number of sulfonamides is 1. The van der Waals surface area contributed by atoms with Crippen molar-refractivity contribution in [3.05, 3.63) is 35.4 Å². The Balaban J connectivity index is 0.00000420. The lowest BCUT2D eigenvalue weighted by atomic mass is 10.1. The van der Waals surface area contributed by atoms with Gasteiger partial charge < -0.3 is 15.4 Å². The van der Waals surface area contributed by atoms with E-state index < -0.39 is 10.0 Å². The standard InChI is InChI=1S/C20H34N4O3S.HI/c1-5-21-20(23-17(4)16(2)3)22-14-18-8-6-7-9-19(18)15-28(25,26)24-10-12-27-13-11-24;/h6-9,16-17H,5,10-15H2,1-4H3,(H2,21,22,23);1H. The van der Waals surface area contributed by atoms with E-state index in [1.54, 1.807) is 0 Å². The van der Waals surface area contributed by atoms with Crippen molar-refractivity contribution in [2.75, 3.05) is 32.8 Å². The van der Waals surface area contributed by atoms with Crippen molar-refractivity contribution < 1.29 is 13.2 Å². The summed E-state index contributed by atoms with van der Waals surface area (Å²) >= 11 is 0. The Labute approximate surface area is 192 Å². The molecular weight excluding hydrogens is 503 g/mol. The van der Waals surface area contributed by atoms with Crippen LogP contribution < -0.4 is 10.6 Å². The minimum Gasteiger partial charge on any atom is -0.379 e. The number of morpholine rings is 1. The van der Waals surface area contributed by atoms with Gasteiger partial charge in [0.25, 0.3) is 0 Å². The summed E-state index contributed by atoms with van der Waals surface area (Å²) in [6.07, 6.45) is 0. The van der Waals surface area contributed by atoms with E-state index >= 15 is 0 Å². The highest BCUT2D eigenvalue weighted by Crippen LogP contribution is 2.17. The Morgan fingerprint density at radius 2 is 1.79 bits per heavy atom. The van der Waals surface area contributed by atoms with Crippen LogP contribution in [0, 0.1) is 5.92 Å². The molecule has 0 aliphatic carbocycles. The topological polar surface area (TPSA) is 83.0 Å². The molecular formula is C20H35IN4O3S. The fraction of sp³-hybridized carbons (Fsp3) is 0.650. The van der Waals surface area contributed by atoms with Crippen molar-refractivity contribution in [1.82, 2.24) is 14.9 Å². The molecule has 2 rings (SSSR count). The van der Waals surface area contributed by atoms with Crippen LogP contribution in [0.5, 0.6) is 0 Å². The van der Waals surface area contributed by atoms with Gasteiger partial charge in [0.15, 0.2) is 5.96 Å². The maximum atomic E-state index is 12.8. The summed E-state index contributed by atoms with van der Waals surface area (Å²) in [6, 6.07) is 7.91. The van der Waals surface area contributed by atoms with Gasteiger partial charge in [-0.3, -0.25) is 0 Å². The smallest absolute Gasteiger partial charge is 0.218 e. The summed E-state index contributed by atoms with van der Waals surface area (Å²) in [5.74, 6) is 1.22. The van der Waals surface area contributed by atoms with Crippen molar-refractivity contribution in [3.63, 3.8) is 0 Å². The lowest BCUT2D eigenvalue weighted by Gasteiger charge is -2.26. The van der Waals surface area contributed by atoms with Crippen LogP contribution >= 0.6 is 24.0 Å². The fourth-order valence-electron chi connectivity index (χ4n) is 2.83. The minimum absolute atomic E-state index is 0. The largest absolute Gasteiger partial charge is 0.379 e. The molecule has 166 valence electrons. The molecule has 1 unspecified atom stereocenters. The van der Waals surface area contributed by atoms with Crippen LogP contribution in [0.4, 0.5) is 0 Å². The molecule has 1 atom stereocenters. The molecule has 1 aromatic carbocycles. The van der Waals surface area contributed by atoms with Crippen molar-refractivity contribution in [2.45, 2.75) is 46.0 Å². The summed E-state index contributed by atoms with van der Waals surface area (Å²) in [5.41, 5.74) is 1.72. The number of rotatable bonds is 8. The second-order valence-electron chi connectivity index (χ2n) is 7.41. The number of guanidine groups is 1. The normalized spacial score (nSPS) is 16.9. The summed E-state index contributed by atoms with van der Waals surface area (Å²) in [7, 11) is -3.36. The van der Waals surface area contributed by atoms with Gasteiger partial charge in [-0.2, -0.15) is 4.31 Å². The third-order valence-corrected chi connectivity index (χ3v) is 6.76. The molecule has 1 aromatic rings. The Bertz CT molecular complexity index is 750. The molecule has 1 aliphatic rings. The van der Waals surface area contributed by atoms with Crippen LogP contribution in [0.25, 0.3) is 0 Å². The SMILES string of the molecule is CCNC(=NCc1ccccc1CS(=O)(=O)N1CCOCC1)NC(C)C(C)C.I. The third kappa shape index (κ3) is 8.39.